The smallest absolute Gasteiger partial charge is 0.263 e. The van der Waals surface area contributed by atoms with Gasteiger partial charge in [-0.2, -0.15) is 0 Å². The zero-order chi connectivity index (χ0) is 16.3. The number of piperidine rings is 1. The first-order valence-corrected chi connectivity index (χ1v) is 8.24. The molecular weight excluding hydrogens is 351 g/mol. The summed E-state index contributed by atoms with van der Waals surface area (Å²) in [5, 5.41) is 0. The lowest BCUT2D eigenvalue weighted by molar-refractivity contribution is -0.139. The van der Waals surface area contributed by atoms with Crippen molar-refractivity contribution < 1.29 is 13.9 Å². The van der Waals surface area contributed by atoms with Gasteiger partial charge in [-0.15, -0.1) is 0 Å². The van der Waals surface area contributed by atoms with E-state index in [-0.39, 0.29) is 17.7 Å². The van der Waals surface area contributed by atoms with E-state index in [4.69, 9.17) is 4.74 Å². The summed E-state index contributed by atoms with van der Waals surface area (Å²) in [6.07, 6.45) is 1.20. The Balaban J connectivity index is 1.96. The summed E-state index contributed by atoms with van der Waals surface area (Å²) >= 11 is 3.20. The molecule has 0 aromatic heterocycles. The average Bonchev–Trinajstić information content (AvgIpc) is 2.49. The minimum atomic E-state index is -0.708. The van der Waals surface area contributed by atoms with Crippen LogP contribution in [0.1, 0.15) is 19.8 Å². The quantitative estimate of drug-likeness (QED) is 0.814. The molecule has 1 amide bonds. The Morgan fingerprint density at radius 1 is 1.45 bits per heavy atom. The summed E-state index contributed by atoms with van der Waals surface area (Å²) in [7, 11) is 3.89. The van der Waals surface area contributed by atoms with Crippen molar-refractivity contribution in [3.05, 3.63) is 28.5 Å². The van der Waals surface area contributed by atoms with Crippen molar-refractivity contribution in [2.75, 3.05) is 27.2 Å². The second-order valence-electron chi connectivity index (χ2n) is 5.82. The van der Waals surface area contributed by atoms with E-state index < -0.39 is 11.9 Å². The van der Waals surface area contributed by atoms with Crippen molar-refractivity contribution in [3.8, 4) is 5.75 Å². The molecule has 22 heavy (non-hydrogen) atoms. The molecule has 4 nitrogen and oxygen atoms in total. The molecule has 1 aromatic carbocycles. The second-order valence-corrected chi connectivity index (χ2v) is 6.73. The summed E-state index contributed by atoms with van der Waals surface area (Å²) in [5.74, 6) is -0.492. The van der Waals surface area contributed by atoms with Crippen LogP contribution >= 0.6 is 15.9 Å². The van der Waals surface area contributed by atoms with Crippen LogP contribution in [0.15, 0.2) is 22.7 Å². The van der Waals surface area contributed by atoms with Crippen LogP contribution < -0.4 is 4.74 Å². The molecule has 1 saturated heterocycles. The molecule has 1 heterocycles. The fourth-order valence-electron chi connectivity index (χ4n) is 2.66. The minimum absolute atomic E-state index is 0.0980. The van der Waals surface area contributed by atoms with Crippen LogP contribution in [0, 0.1) is 5.82 Å². The van der Waals surface area contributed by atoms with Gasteiger partial charge in [0, 0.05) is 17.6 Å². The first-order chi connectivity index (χ1) is 10.4. The predicted octanol–water partition coefficient (Wildman–Crippen LogP) is 2.91. The molecule has 1 aliphatic rings. The third-order valence-corrected chi connectivity index (χ3v) is 4.62. The normalized spacial score (nSPS) is 18.0. The van der Waals surface area contributed by atoms with Crippen LogP contribution in [0.25, 0.3) is 0 Å². The van der Waals surface area contributed by atoms with Crippen LogP contribution in [0.2, 0.25) is 0 Å². The third kappa shape index (κ3) is 4.20. The van der Waals surface area contributed by atoms with Crippen LogP contribution in [-0.4, -0.2) is 55.0 Å². The van der Waals surface area contributed by atoms with Gasteiger partial charge in [-0.1, -0.05) is 15.9 Å². The molecule has 0 radical (unpaired) electrons. The Morgan fingerprint density at radius 3 is 2.68 bits per heavy atom. The predicted molar refractivity (Wildman–Crippen MR) is 87.5 cm³/mol. The number of rotatable bonds is 4. The number of ether oxygens (including phenoxy) is 1. The average molecular weight is 373 g/mol. The lowest BCUT2D eigenvalue weighted by atomic mass is 10.0. The summed E-state index contributed by atoms with van der Waals surface area (Å²) in [6, 6.07) is 4.77. The molecule has 1 fully saturated rings. The van der Waals surface area contributed by atoms with Gasteiger partial charge in [0.15, 0.2) is 17.7 Å². The highest BCUT2D eigenvalue weighted by Gasteiger charge is 2.28. The first-order valence-electron chi connectivity index (χ1n) is 7.45. The summed E-state index contributed by atoms with van der Waals surface area (Å²) in [5.41, 5.74) is 0. The molecule has 2 rings (SSSR count). The SMILES string of the molecule is CC(Oc1ccc(Br)cc1F)C(=O)N(C)C1CCN(C)CC1. The maximum atomic E-state index is 13.8. The Hall–Kier alpha value is -1.14. The van der Waals surface area contributed by atoms with Crippen LogP contribution in [-0.2, 0) is 4.79 Å². The number of nitrogens with zero attached hydrogens (tertiary/aromatic N) is 2. The Labute approximate surface area is 139 Å². The summed E-state index contributed by atoms with van der Waals surface area (Å²) in [6.45, 7) is 3.63. The molecule has 0 N–H and O–H groups in total. The highest BCUT2D eigenvalue weighted by atomic mass is 79.9. The number of benzene rings is 1. The van der Waals surface area contributed by atoms with E-state index in [1.54, 1.807) is 24.9 Å². The van der Waals surface area contributed by atoms with Gasteiger partial charge in [-0.25, -0.2) is 4.39 Å². The van der Waals surface area contributed by atoms with Crippen LogP contribution in [0.3, 0.4) is 0 Å². The summed E-state index contributed by atoms with van der Waals surface area (Å²) in [4.78, 5) is 16.5. The molecule has 0 spiro atoms. The van der Waals surface area contributed by atoms with Gasteiger partial charge in [0.1, 0.15) is 0 Å². The van der Waals surface area contributed by atoms with Gasteiger partial charge in [-0.05, 0) is 58.1 Å². The molecule has 0 aliphatic carbocycles. The number of likely N-dealkylation sites (N-methyl/N-ethyl adjacent to an activating group) is 1. The Bertz CT molecular complexity index is 533. The van der Waals surface area contributed by atoms with Gasteiger partial charge < -0.3 is 14.5 Å². The number of hydrogen-bond acceptors (Lipinski definition) is 3. The van der Waals surface area contributed by atoms with Crippen molar-refractivity contribution >= 4 is 21.8 Å². The van der Waals surface area contributed by atoms with Crippen molar-refractivity contribution in [3.63, 3.8) is 0 Å². The van der Waals surface area contributed by atoms with Gasteiger partial charge in [0.05, 0.1) is 0 Å². The standard InChI is InChI=1S/C16H22BrFN2O2/c1-11(22-15-5-4-12(17)10-14(15)18)16(21)20(3)13-6-8-19(2)9-7-13/h4-5,10-11,13H,6-9H2,1-3H3. The molecule has 6 heteroatoms. The molecule has 1 unspecified atom stereocenters. The van der Waals surface area contributed by atoms with Crippen molar-refractivity contribution in [2.45, 2.75) is 31.9 Å². The zero-order valence-corrected chi connectivity index (χ0v) is 14.8. The number of likely N-dealkylation sites (tertiary alicyclic amines) is 1. The van der Waals surface area contributed by atoms with Gasteiger partial charge in [0.25, 0.3) is 5.91 Å². The van der Waals surface area contributed by atoms with E-state index in [0.717, 1.165) is 25.9 Å². The molecule has 0 bridgehead atoms. The fourth-order valence-corrected chi connectivity index (χ4v) is 2.99. The monoisotopic (exact) mass is 372 g/mol. The van der Waals surface area contributed by atoms with Gasteiger partial charge in [0.2, 0.25) is 0 Å². The van der Waals surface area contributed by atoms with Crippen molar-refractivity contribution in [1.82, 2.24) is 9.80 Å². The molecule has 1 aliphatic heterocycles. The van der Waals surface area contributed by atoms with E-state index in [2.05, 4.69) is 27.9 Å². The van der Waals surface area contributed by atoms with E-state index >= 15 is 0 Å². The van der Waals surface area contributed by atoms with Gasteiger partial charge >= 0.3 is 0 Å². The lowest BCUT2D eigenvalue weighted by Crippen LogP contribution is -2.48. The van der Waals surface area contributed by atoms with Crippen molar-refractivity contribution in [2.24, 2.45) is 0 Å². The van der Waals surface area contributed by atoms with Crippen LogP contribution in [0.5, 0.6) is 5.75 Å². The third-order valence-electron chi connectivity index (χ3n) is 4.13. The van der Waals surface area contributed by atoms with Crippen LogP contribution in [0.4, 0.5) is 4.39 Å². The zero-order valence-electron chi connectivity index (χ0n) is 13.2. The highest BCUT2D eigenvalue weighted by molar-refractivity contribution is 9.10. The molecular formula is C16H22BrFN2O2. The minimum Gasteiger partial charge on any atom is -0.478 e. The molecule has 1 aromatic rings. The number of halogens is 2. The maximum Gasteiger partial charge on any atom is 0.263 e. The largest absolute Gasteiger partial charge is 0.478 e. The fraction of sp³-hybridized carbons (Fsp3) is 0.562. The number of carbonyl (C=O) groups excluding carboxylic acids is 1. The molecule has 0 saturated carbocycles. The van der Waals surface area contributed by atoms with Gasteiger partial charge in [-0.3, -0.25) is 4.79 Å². The van der Waals surface area contributed by atoms with E-state index in [1.807, 2.05) is 0 Å². The topological polar surface area (TPSA) is 32.8 Å². The number of amides is 1. The van der Waals surface area contributed by atoms with E-state index in [0.29, 0.717) is 4.47 Å². The maximum absolute atomic E-state index is 13.8. The van der Waals surface area contributed by atoms with E-state index in [1.165, 1.54) is 12.1 Å². The molecule has 1 atom stereocenters. The Kier molecular flexibility index (Phi) is 5.81. The highest BCUT2D eigenvalue weighted by Crippen LogP contribution is 2.23. The second kappa shape index (κ2) is 7.42. The first kappa shape index (κ1) is 17.2. The van der Waals surface area contributed by atoms with Crippen molar-refractivity contribution in [1.29, 1.82) is 0 Å². The molecule has 122 valence electrons. The summed E-state index contributed by atoms with van der Waals surface area (Å²) < 4.78 is 19.9. The van der Waals surface area contributed by atoms with E-state index in [9.17, 15) is 9.18 Å². The number of carbonyl (C=O) groups is 1. The number of hydrogen-bond donors (Lipinski definition) is 0. The lowest BCUT2D eigenvalue weighted by Gasteiger charge is -2.36. The Morgan fingerprint density at radius 2 is 2.09 bits per heavy atom.